The fourth-order valence-electron chi connectivity index (χ4n) is 4.05. The maximum Gasteiger partial charge on any atom is 0.350 e. The van der Waals surface area contributed by atoms with Crippen molar-refractivity contribution in [3.05, 3.63) is 52.0 Å². The standard InChI is InChI=1S/C25H30N6O5S/c1-3-36-23(35)21-15(2)27-25(37-21)30-24-28-19(26-12-16-6-8-18(9-7-16)22(33)34)11-20(29-24)31-10-4-5-17(13-31)14-32/h6-9,11,17,32H,3-5,10,12-14H2,1-2H3,(H,33,34)(H2,26,27,28,29,30). The molecule has 0 saturated carbocycles. The van der Waals surface area contributed by atoms with E-state index < -0.39 is 11.9 Å². The van der Waals surface area contributed by atoms with Crippen molar-refractivity contribution in [2.24, 2.45) is 5.92 Å². The van der Waals surface area contributed by atoms with Gasteiger partial charge >= 0.3 is 11.9 Å². The number of aromatic nitrogens is 3. The average molecular weight is 527 g/mol. The second-order valence-corrected chi connectivity index (χ2v) is 9.71. The molecular weight excluding hydrogens is 496 g/mol. The topological polar surface area (TPSA) is 150 Å². The highest BCUT2D eigenvalue weighted by molar-refractivity contribution is 7.17. The number of carbonyl (C=O) groups excluding carboxylic acids is 1. The first-order valence-electron chi connectivity index (χ1n) is 12.1. The van der Waals surface area contributed by atoms with Crippen LogP contribution in [-0.4, -0.2) is 63.4 Å². The number of piperidine rings is 1. The number of carboxylic acid groups (broad SMARTS) is 1. The summed E-state index contributed by atoms with van der Waals surface area (Å²) >= 11 is 1.18. The summed E-state index contributed by atoms with van der Waals surface area (Å²) in [6.45, 7) is 5.83. The third-order valence-corrected chi connectivity index (χ3v) is 7.02. The molecule has 1 aliphatic heterocycles. The Bertz CT molecular complexity index is 1250. The molecule has 1 aliphatic rings. The summed E-state index contributed by atoms with van der Waals surface area (Å²) in [6.07, 6.45) is 1.92. The number of hydrogen-bond acceptors (Lipinski definition) is 11. The van der Waals surface area contributed by atoms with Gasteiger partial charge in [-0.1, -0.05) is 23.5 Å². The monoisotopic (exact) mass is 526 g/mol. The van der Waals surface area contributed by atoms with Gasteiger partial charge in [-0.3, -0.25) is 5.32 Å². The van der Waals surface area contributed by atoms with Crippen LogP contribution in [0.25, 0.3) is 0 Å². The summed E-state index contributed by atoms with van der Waals surface area (Å²) in [5.41, 5.74) is 1.68. The molecule has 0 radical (unpaired) electrons. The third-order valence-electron chi connectivity index (χ3n) is 5.96. The molecule has 0 spiro atoms. The molecule has 1 aromatic carbocycles. The van der Waals surface area contributed by atoms with Crippen molar-refractivity contribution < 1.29 is 24.5 Å². The molecule has 0 amide bonds. The normalized spacial score (nSPS) is 15.3. The molecule has 3 aromatic rings. The predicted octanol–water partition coefficient (Wildman–Crippen LogP) is 3.68. The molecule has 196 valence electrons. The van der Waals surface area contributed by atoms with Crippen molar-refractivity contribution in [2.75, 3.05) is 41.8 Å². The molecule has 12 heteroatoms. The Hall–Kier alpha value is -3.77. The van der Waals surface area contributed by atoms with Gasteiger partial charge in [-0.25, -0.2) is 14.6 Å². The molecule has 0 aliphatic carbocycles. The maximum atomic E-state index is 12.2. The summed E-state index contributed by atoms with van der Waals surface area (Å²) < 4.78 is 5.11. The number of anilines is 4. The number of carboxylic acids is 1. The van der Waals surface area contributed by atoms with Crippen molar-refractivity contribution in [3.63, 3.8) is 0 Å². The van der Waals surface area contributed by atoms with Gasteiger partial charge in [0.15, 0.2) is 5.13 Å². The van der Waals surface area contributed by atoms with Crippen LogP contribution >= 0.6 is 11.3 Å². The van der Waals surface area contributed by atoms with E-state index in [1.807, 2.05) is 6.07 Å². The summed E-state index contributed by atoms with van der Waals surface area (Å²) in [4.78, 5) is 39.6. The van der Waals surface area contributed by atoms with E-state index in [1.54, 1.807) is 38.1 Å². The number of aliphatic hydroxyl groups is 1. The third kappa shape index (κ3) is 6.71. The van der Waals surface area contributed by atoms with Crippen LogP contribution in [0.1, 0.15) is 51.1 Å². The SMILES string of the molecule is CCOC(=O)c1sc(Nc2nc(NCc3ccc(C(=O)O)cc3)cc(N3CCCC(CO)C3)n2)nc1C. The number of aliphatic hydroxyl groups excluding tert-OH is 1. The van der Waals surface area contributed by atoms with E-state index in [0.717, 1.165) is 24.9 Å². The number of aryl methyl sites for hydroxylation is 1. The zero-order valence-corrected chi connectivity index (χ0v) is 21.5. The Labute approximate surface area is 218 Å². The highest BCUT2D eigenvalue weighted by Gasteiger charge is 2.22. The van der Waals surface area contributed by atoms with E-state index in [0.29, 0.717) is 46.4 Å². The number of rotatable bonds is 10. The zero-order chi connectivity index (χ0) is 26.4. The number of esters is 1. The summed E-state index contributed by atoms with van der Waals surface area (Å²) in [5, 5.41) is 25.7. The smallest absolute Gasteiger partial charge is 0.350 e. The highest BCUT2D eigenvalue weighted by Crippen LogP contribution is 2.29. The zero-order valence-electron chi connectivity index (χ0n) is 20.7. The van der Waals surface area contributed by atoms with Crippen LogP contribution in [0.2, 0.25) is 0 Å². The minimum Gasteiger partial charge on any atom is -0.478 e. The Kier molecular flexibility index (Phi) is 8.51. The van der Waals surface area contributed by atoms with Crippen LogP contribution in [0.3, 0.4) is 0 Å². The largest absolute Gasteiger partial charge is 0.478 e. The van der Waals surface area contributed by atoms with Crippen LogP contribution < -0.4 is 15.5 Å². The van der Waals surface area contributed by atoms with Crippen molar-refractivity contribution in [2.45, 2.75) is 33.2 Å². The predicted molar refractivity (Wildman–Crippen MR) is 141 cm³/mol. The molecule has 2 aromatic heterocycles. The van der Waals surface area contributed by atoms with Crippen molar-refractivity contribution >= 4 is 46.0 Å². The number of benzene rings is 1. The first-order chi connectivity index (χ1) is 17.9. The Morgan fingerprint density at radius 3 is 2.70 bits per heavy atom. The van der Waals surface area contributed by atoms with E-state index in [9.17, 15) is 14.7 Å². The number of hydrogen-bond donors (Lipinski definition) is 4. The molecule has 4 rings (SSSR count). The van der Waals surface area contributed by atoms with Crippen molar-refractivity contribution in [3.8, 4) is 0 Å². The highest BCUT2D eigenvalue weighted by atomic mass is 32.1. The number of aromatic carboxylic acids is 1. The molecule has 1 unspecified atom stereocenters. The Morgan fingerprint density at radius 2 is 2.00 bits per heavy atom. The van der Waals surface area contributed by atoms with Crippen LogP contribution in [-0.2, 0) is 11.3 Å². The first-order valence-corrected chi connectivity index (χ1v) is 12.9. The number of thiazole rings is 1. The number of carbonyl (C=O) groups is 2. The molecule has 1 fully saturated rings. The van der Waals surface area contributed by atoms with E-state index in [1.165, 1.54) is 11.3 Å². The fraction of sp³-hybridized carbons (Fsp3) is 0.400. The second kappa shape index (κ2) is 12.0. The molecule has 1 atom stereocenters. The van der Waals surface area contributed by atoms with Gasteiger partial charge in [-0.05, 0) is 50.3 Å². The molecule has 1 saturated heterocycles. The van der Waals surface area contributed by atoms with Gasteiger partial charge < -0.3 is 25.2 Å². The first kappa shape index (κ1) is 26.3. The molecule has 0 bridgehead atoms. The lowest BCUT2D eigenvalue weighted by atomic mass is 9.99. The quantitative estimate of drug-likeness (QED) is 0.287. The van der Waals surface area contributed by atoms with Gasteiger partial charge in [0, 0.05) is 32.3 Å². The van der Waals surface area contributed by atoms with Crippen LogP contribution in [0.5, 0.6) is 0 Å². The van der Waals surface area contributed by atoms with Gasteiger partial charge in [-0.2, -0.15) is 9.97 Å². The Morgan fingerprint density at radius 1 is 1.22 bits per heavy atom. The van der Waals surface area contributed by atoms with Gasteiger partial charge in [0.1, 0.15) is 16.5 Å². The number of ether oxygens (including phenoxy) is 1. The molecule has 11 nitrogen and oxygen atoms in total. The lowest BCUT2D eigenvalue weighted by Crippen LogP contribution is -2.37. The number of nitrogens with one attached hydrogen (secondary N) is 2. The van der Waals surface area contributed by atoms with Crippen molar-refractivity contribution in [1.82, 2.24) is 15.0 Å². The van der Waals surface area contributed by atoms with E-state index in [2.05, 4.69) is 25.5 Å². The second-order valence-electron chi connectivity index (χ2n) is 8.71. The van der Waals surface area contributed by atoms with Gasteiger partial charge in [0.05, 0.1) is 17.9 Å². The van der Waals surface area contributed by atoms with Crippen LogP contribution in [0.4, 0.5) is 22.7 Å². The number of nitrogens with zero attached hydrogens (tertiary/aromatic N) is 4. The Balaban J connectivity index is 1.57. The molecule has 3 heterocycles. The van der Waals surface area contributed by atoms with Crippen LogP contribution in [0, 0.1) is 12.8 Å². The van der Waals surface area contributed by atoms with Gasteiger partial charge in [0.25, 0.3) is 0 Å². The van der Waals surface area contributed by atoms with Gasteiger partial charge in [0.2, 0.25) is 5.95 Å². The lowest BCUT2D eigenvalue weighted by molar-refractivity contribution is 0.0530. The van der Waals surface area contributed by atoms with Crippen LogP contribution in [0.15, 0.2) is 30.3 Å². The minimum absolute atomic E-state index is 0.124. The maximum absolute atomic E-state index is 12.2. The molecule has 37 heavy (non-hydrogen) atoms. The van der Waals surface area contributed by atoms with E-state index in [4.69, 9.17) is 14.8 Å². The summed E-state index contributed by atoms with van der Waals surface area (Å²) in [6, 6.07) is 8.49. The molecular formula is C25H30N6O5S. The average Bonchev–Trinajstić information content (AvgIpc) is 3.27. The lowest BCUT2D eigenvalue weighted by Gasteiger charge is -2.33. The van der Waals surface area contributed by atoms with Gasteiger partial charge in [-0.15, -0.1) is 0 Å². The van der Waals surface area contributed by atoms with E-state index >= 15 is 0 Å². The minimum atomic E-state index is -0.970. The van der Waals surface area contributed by atoms with Crippen molar-refractivity contribution in [1.29, 1.82) is 0 Å². The van der Waals surface area contributed by atoms with E-state index in [-0.39, 0.29) is 24.7 Å². The summed E-state index contributed by atoms with van der Waals surface area (Å²) in [7, 11) is 0. The molecule has 4 N–H and O–H groups in total. The summed E-state index contributed by atoms with van der Waals surface area (Å²) in [5.74, 6) is 0.384. The fourth-order valence-corrected chi connectivity index (χ4v) is 4.91.